The summed E-state index contributed by atoms with van der Waals surface area (Å²) >= 11 is 2.30. The van der Waals surface area contributed by atoms with Crippen molar-refractivity contribution in [3.05, 3.63) is 0 Å². The van der Waals surface area contributed by atoms with E-state index in [0.29, 0.717) is 6.10 Å². The molecule has 0 amide bonds. The predicted octanol–water partition coefficient (Wildman–Crippen LogP) is 1.24. The van der Waals surface area contributed by atoms with Gasteiger partial charge in [-0.1, -0.05) is 22.6 Å². The lowest BCUT2D eigenvalue weighted by Crippen LogP contribution is -2.12. The van der Waals surface area contributed by atoms with Crippen molar-refractivity contribution < 1.29 is 4.74 Å². The summed E-state index contributed by atoms with van der Waals surface area (Å²) in [6.07, 6.45) is 0.357. The van der Waals surface area contributed by atoms with Gasteiger partial charge in [-0.15, -0.1) is 0 Å². The highest BCUT2D eigenvalue weighted by Gasteiger charge is 2.13. The maximum Gasteiger partial charge on any atom is 0.180 e. The van der Waals surface area contributed by atoms with Crippen LogP contribution in [0.1, 0.15) is 6.92 Å². The van der Waals surface area contributed by atoms with Crippen molar-refractivity contribution >= 4 is 28.5 Å². The molecular weight excluding hydrogens is 217 g/mol. The van der Waals surface area contributed by atoms with Crippen LogP contribution in [0.15, 0.2) is 4.99 Å². The Hall–Kier alpha value is 0.200. The van der Waals surface area contributed by atoms with Gasteiger partial charge in [0, 0.05) is 11.4 Å². The normalized spacial score (nSPS) is 27.2. The molecule has 0 aromatic rings. The van der Waals surface area contributed by atoms with Crippen LogP contribution in [-0.2, 0) is 4.74 Å². The van der Waals surface area contributed by atoms with Gasteiger partial charge in [0.1, 0.15) is 6.10 Å². The van der Waals surface area contributed by atoms with E-state index in [-0.39, 0.29) is 0 Å². The van der Waals surface area contributed by atoms with Gasteiger partial charge in [0.05, 0.1) is 6.54 Å². The number of ether oxygens (including phenoxy) is 1. The van der Waals surface area contributed by atoms with Crippen LogP contribution in [0, 0.1) is 0 Å². The van der Waals surface area contributed by atoms with E-state index in [9.17, 15) is 0 Å². The molecule has 0 saturated carbocycles. The smallest absolute Gasteiger partial charge is 0.180 e. The third kappa shape index (κ3) is 1.34. The minimum absolute atomic E-state index is 0.357. The lowest BCUT2D eigenvalue weighted by atomic mass is 10.4. The van der Waals surface area contributed by atoms with Crippen LogP contribution in [-0.4, -0.2) is 23.0 Å². The van der Waals surface area contributed by atoms with Crippen LogP contribution >= 0.6 is 22.6 Å². The fraction of sp³-hybridized carbons (Fsp3) is 0.800. The highest BCUT2D eigenvalue weighted by molar-refractivity contribution is 14.1. The Labute approximate surface area is 62.5 Å². The Morgan fingerprint density at radius 1 is 2.00 bits per heavy atom. The molecule has 1 rings (SSSR count). The molecule has 1 heterocycles. The van der Waals surface area contributed by atoms with Gasteiger partial charge in [-0.2, -0.15) is 0 Å². The largest absolute Gasteiger partial charge is 0.475 e. The Kier molecular flexibility index (Phi) is 2.10. The maximum absolute atomic E-state index is 5.25. The minimum Gasteiger partial charge on any atom is -0.475 e. The predicted molar refractivity (Wildman–Crippen MR) is 41.7 cm³/mol. The van der Waals surface area contributed by atoms with Crippen LogP contribution < -0.4 is 0 Å². The molecule has 0 radical (unpaired) electrons. The topological polar surface area (TPSA) is 21.6 Å². The van der Waals surface area contributed by atoms with Crippen molar-refractivity contribution in [1.82, 2.24) is 0 Å². The summed E-state index contributed by atoms with van der Waals surface area (Å²) in [6, 6.07) is 0. The van der Waals surface area contributed by atoms with E-state index in [1.165, 1.54) is 0 Å². The Balaban J connectivity index is 2.32. The second kappa shape index (κ2) is 2.66. The number of hydrogen-bond donors (Lipinski definition) is 0. The summed E-state index contributed by atoms with van der Waals surface area (Å²) in [7, 11) is 0. The van der Waals surface area contributed by atoms with E-state index in [1.807, 2.05) is 6.92 Å². The van der Waals surface area contributed by atoms with Crippen LogP contribution in [0.3, 0.4) is 0 Å². The number of alkyl halides is 1. The van der Waals surface area contributed by atoms with E-state index >= 15 is 0 Å². The van der Waals surface area contributed by atoms with Crippen molar-refractivity contribution in [3.63, 3.8) is 0 Å². The first-order chi connectivity index (χ1) is 3.83. The maximum atomic E-state index is 5.25. The fourth-order valence-electron chi connectivity index (χ4n) is 0.626. The summed E-state index contributed by atoms with van der Waals surface area (Å²) in [4.78, 5) is 4.08. The molecule has 1 unspecified atom stereocenters. The van der Waals surface area contributed by atoms with E-state index < -0.39 is 0 Å². The molecule has 0 bridgehead atoms. The minimum atomic E-state index is 0.357. The summed E-state index contributed by atoms with van der Waals surface area (Å²) in [5.74, 6) is 0.840. The summed E-state index contributed by atoms with van der Waals surface area (Å²) in [5, 5.41) is 0. The molecule has 0 aromatic heterocycles. The Bertz CT molecular complexity index is 113. The van der Waals surface area contributed by atoms with Crippen molar-refractivity contribution in [2.75, 3.05) is 11.0 Å². The second-order valence-corrected chi connectivity index (χ2v) is 2.63. The first-order valence-electron chi connectivity index (χ1n) is 2.56. The summed E-state index contributed by atoms with van der Waals surface area (Å²) < 4.78 is 6.29. The van der Waals surface area contributed by atoms with Crippen LogP contribution in [0.25, 0.3) is 0 Å². The second-order valence-electron chi connectivity index (χ2n) is 1.75. The van der Waals surface area contributed by atoms with Crippen LogP contribution in [0.2, 0.25) is 0 Å². The summed E-state index contributed by atoms with van der Waals surface area (Å²) in [5.41, 5.74) is 0. The first-order valence-corrected chi connectivity index (χ1v) is 4.09. The number of aliphatic imine (C=N–C) groups is 1. The molecular formula is C5H8INO. The molecule has 1 atom stereocenters. The molecule has 0 saturated heterocycles. The lowest BCUT2D eigenvalue weighted by Gasteiger charge is -2.03. The molecule has 1 aliphatic heterocycles. The van der Waals surface area contributed by atoms with Gasteiger partial charge in [-0.05, 0) is 0 Å². The Morgan fingerprint density at radius 2 is 2.75 bits per heavy atom. The van der Waals surface area contributed by atoms with E-state index in [4.69, 9.17) is 4.74 Å². The monoisotopic (exact) mass is 225 g/mol. The third-order valence-corrected chi connectivity index (χ3v) is 2.01. The highest BCUT2D eigenvalue weighted by Crippen LogP contribution is 2.06. The van der Waals surface area contributed by atoms with E-state index in [0.717, 1.165) is 16.9 Å². The quantitative estimate of drug-likeness (QED) is 0.486. The van der Waals surface area contributed by atoms with Gasteiger partial charge in [0.25, 0.3) is 0 Å². The molecule has 46 valence electrons. The lowest BCUT2D eigenvalue weighted by molar-refractivity contribution is 0.251. The molecule has 3 heteroatoms. The third-order valence-electron chi connectivity index (χ3n) is 1.03. The van der Waals surface area contributed by atoms with Crippen molar-refractivity contribution in [2.24, 2.45) is 4.99 Å². The molecule has 1 aliphatic rings. The average molecular weight is 225 g/mol. The zero-order chi connectivity index (χ0) is 5.98. The molecule has 0 N–H and O–H groups in total. The number of rotatable bonds is 1. The standard InChI is InChI=1S/C5H8INO/c1-4-7-3-5(2-6)8-4/h5H,2-3H2,1H3. The molecule has 0 fully saturated rings. The zero-order valence-corrected chi connectivity index (χ0v) is 6.88. The Morgan fingerprint density at radius 3 is 3.00 bits per heavy atom. The number of nitrogens with zero attached hydrogens (tertiary/aromatic N) is 1. The average Bonchev–Trinajstić information content (AvgIpc) is 2.14. The van der Waals surface area contributed by atoms with Gasteiger partial charge in [-0.25, -0.2) is 0 Å². The van der Waals surface area contributed by atoms with Gasteiger partial charge in [0.2, 0.25) is 0 Å². The van der Waals surface area contributed by atoms with Gasteiger partial charge in [-0.3, -0.25) is 4.99 Å². The molecule has 0 aromatic carbocycles. The highest BCUT2D eigenvalue weighted by atomic mass is 127. The molecule has 2 nitrogen and oxygen atoms in total. The van der Waals surface area contributed by atoms with E-state index in [1.54, 1.807) is 0 Å². The fourth-order valence-corrected chi connectivity index (χ4v) is 1.08. The number of halogens is 1. The molecule has 0 aliphatic carbocycles. The van der Waals surface area contributed by atoms with E-state index in [2.05, 4.69) is 27.6 Å². The zero-order valence-electron chi connectivity index (χ0n) is 4.72. The summed E-state index contributed by atoms with van der Waals surface area (Å²) in [6.45, 7) is 2.75. The SMILES string of the molecule is CC1=NCC(CI)O1. The van der Waals surface area contributed by atoms with Gasteiger partial charge >= 0.3 is 0 Å². The first kappa shape index (κ1) is 6.32. The van der Waals surface area contributed by atoms with Crippen molar-refractivity contribution in [1.29, 1.82) is 0 Å². The van der Waals surface area contributed by atoms with Gasteiger partial charge in [0.15, 0.2) is 5.90 Å². The number of hydrogen-bond acceptors (Lipinski definition) is 2. The van der Waals surface area contributed by atoms with Crippen molar-refractivity contribution in [3.8, 4) is 0 Å². The van der Waals surface area contributed by atoms with Crippen molar-refractivity contribution in [2.45, 2.75) is 13.0 Å². The van der Waals surface area contributed by atoms with Crippen LogP contribution in [0.4, 0.5) is 0 Å². The van der Waals surface area contributed by atoms with Crippen LogP contribution in [0.5, 0.6) is 0 Å². The molecule has 8 heavy (non-hydrogen) atoms. The van der Waals surface area contributed by atoms with Gasteiger partial charge < -0.3 is 4.74 Å². The molecule has 0 spiro atoms.